The van der Waals surface area contributed by atoms with Crippen LogP contribution < -0.4 is 5.32 Å². The molecule has 0 amide bonds. The number of rotatable bonds is 3. The molecule has 0 aliphatic rings. The lowest BCUT2D eigenvalue weighted by Crippen LogP contribution is -2.41. The Hall–Kier alpha value is -1.22. The first-order valence-electron chi connectivity index (χ1n) is 5.41. The van der Waals surface area contributed by atoms with Gasteiger partial charge in [0.05, 0.1) is 17.8 Å². The highest BCUT2D eigenvalue weighted by Crippen LogP contribution is 2.30. The third-order valence-corrected chi connectivity index (χ3v) is 2.86. The van der Waals surface area contributed by atoms with Crippen molar-refractivity contribution in [2.24, 2.45) is 0 Å². The highest BCUT2D eigenvalue weighted by atomic mass is 35.5. The molecule has 0 aliphatic heterocycles. The zero-order chi connectivity index (χ0) is 13.2. The topological polar surface area (TPSA) is 38.3 Å². The number of hydrogen-bond acceptors (Lipinski definition) is 3. The Morgan fingerprint density at radius 2 is 1.94 bits per heavy atom. The van der Waals surface area contributed by atoms with Gasteiger partial charge in [-0.1, -0.05) is 17.7 Å². The molecule has 1 aromatic carbocycles. The molecule has 1 aromatic rings. The molecule has 17 heavy (non-hydrogen) atoms. The number of methoxy groups -OCH3 is 1. The van der Waals surface area contributed by atoms with Gasteiger partial charge in [0.25, 0.3) is 0 Å². The zero-order valence-corrected chi connectivity index (χ0v) is 11.6. The molecule has 0 aromatic heterocycles. The molecule has 0 fully saturated rings. The van der Waals surface area contributed by atoms with Crippen LogP contribution >= 0.6 is 11.6 Å². The van der Waals surface area contributed by atoms with E-state index in [4.69, 9.17) is 16.3 Å². The Bertz CT molecular complexity index is 418. The van der Waals surface area contributed by atoms with Crippen LogP contribution in [0.3, 0.4) is 0 Å². The van der Waals surface area contributed by atoms with Gasteiger partial charge < -0.3 is 10.1 Å². The second kappa shape index (κ2) is 4.96. The number of carbonyl (C=O) groups is 1. The number of esters is 1. The molecule has 4 heteroatoms. The Morgan fingerprint density at radius 3 is 2.41 bits per heavy atom. The zero-order valence-electron chi connectivity index (χ0n) is 10.8. The van der Waals surface area contributed by atoms with Gasteiger partial charge in [-0.05, 0) is 44.9 Å². The van der Waals surface area contributed by atoms with Gasteiger partial charge in [-0.3, -0.25) is 0 Å². The molecule has 0 aliphatic carbocycles. The summed E-state index contributed by atoms with van der Waals surface area (Å²) in [5, 5.41) is 3.74. The Labute approximate surface area is 107 Å². The number of carbonyl (C=O) groups excluding carboxylic acids is 1. The minimum Gasteiger partial charge on any atom is -0.467 e. The van der Waals surface area contributed by atoms with Crippen molar-refractivity contribution in [2.75, 3.05) is 12.4 Å². The first kappa shape index (κ1) is 13.8. The first-order chi connectivity index (χ1) is 7.77. The smallest absolute Gasteiger partial charge is 0.330 e. The number of benzene rings is 1. The lowest BCUT2D eigenvalue weighted by Gasteiger charge is -2.26. The number of hydrogen-bond donors (Lipinski definition) is 1. The quantitative estimate of drug-likeness (QED) is 0.842. The van der Waals surface area contributed by atoms with Crippen molar-refractivity contribution in [3.63, 3.8) is 0 Å². The van der Waals surface area contributed by atoms with Gasteiger partial charge in [0.15, 0.2) is 0 Å². The molecule has 94 valence electrons. The second-order valence-electron chi connectivity index (χ2n) is 4.68. The molecule has 1 rings (SSSR count). The van der Waals surface area contributed by atoms with Gasteiger partial charge in [0, 0.05) is 0 Å². The lowest BCUT2D eigenvalue weighted by atomic mass is 10.0. The predicted molar refractivity (Wildman–Crippen MR) is 70.6 cm³/mol. The Kier molecular flexibility index (Phi) is 4.04. The highest BCUT2D eigenvalue weighted by molar-refractivity contribution is 6.33. The van der Waals surface area contributed by atoms with Crippen LogP contribution in [-0.4, -0.2) is 18.6 Å². The average Bonchev–Trinajstić information content (AvgIpc) is 2.22. The van der Waals surface area contributed by atoms with Crippen molar-refractivity contribution in [3.8, 4) is 0 Å². The minimum atomic E-state index is -0.807. The standard InChI is InChI=1S/C13H18ClNO2/c1-8-6-9(2)11(10(14)7-8)15-13(3,4)12(16)17-5/h6-7,15H,1-5H3. The van der Waals surface area contributed by atoms with Crippen molar-refractivity contribution >= 4 is 23.3 Å². The lowest BCUT2D eigenvalue weighted by molar-refractivity contribution is -0.144. The van der Waals surface area contributed by atoms with E-state index in [9.17, 15) is 4.79 Å². The summed E-state index contributed by atoms with van der Waals surface area (Å²) in [5.74, 6) is -0.325. The Balaban J connectivity index is 3.07. The molecule has 1 N–H and O–H groups in total. The summed E-state index contributed by atoms with van der Waals surface area (Å²) in [4.78, 5) is 11.6. The second-order valence-corrected chi connectivity index (χ2v) is 5.09. The van der Waals surface area contributed by atoms with Crippen molar-refractivity contribution in [3.05, 3.63) is 28.3 Å². The van der Waals surface area contributed by atoms with Crippen LogP contribution in [-0.2, 0) is 9.53 Å². The van der Waals surface area contributed by atoms with Crippen molar-refractivity contribution in [1.82, 2.24) is 0 Å². The van der Waals surface area contributed by atoms with Crippen LogP contribution in [0, 0.1) is 13.8 Å². The van der Waals surface area contributed by atoms with E-state index in [-0.39, 0.29) is 5.97 Å². The van der Waals surface area contributed by atoms with Gasteiger partial charge in [0.2, 0.25) is 0 Å². The fourth-order valence-electron chi connectivity index (χ4n) is 1.69. The third kappa shape index (κ3) is 3.13. The van der Waals surface area contributed by atoms with Crippen LogP contribution in [0.25, 0.3) is 0 Å². The molecular formula is C13H18ClNO2. The molecule has 0 atom stereocenters. The molecule has 3 nitrogen and oxygen atoms in total. The van der Waals surface area contributed by atoms with Crippen molar-refractivity contribution < 1.29 is 9.53 Å². The van der Waals surface area contributed by atoms with Gasteiger partial charge in [-0.2, -0.15) is 0 Å². The fourth-order valence-corrected chi connectivity index (χ4v) is 2.06. The van der Waals surface area contributed by atoms with Gasteiger partial charge in [-0.25, -0.2) is 4.79 Å². The first-order valence-corrected chi connectivity index (χ1v) is 5.79. The fraction of sp³-hybridized carbons (Fsp3) is 0.462. The molecule has 0 spiro atoms. The van der Waals surface area contributed by atoms with E-state index in [1.54, 1.807) is 13.8 Å². The van der Waals surface area contributed by atoms with Gasteiger partial charge in [0.1, 0.15) is 5.54 Å². The number of halogens is 1. The van der Waals surface area contributed by atoms with Crippen LogP contribution in [0.2, 0.25) is 5.02 Å². The molecule has 0 heterocycles. The summed E-state index contributed by atoms with van der Waals surface area (Å²) in [6.45, 7) is 7.45. The number of ether oxygens (including phenoxy) is 1. The monoisotopic (exact) mass is 255 g/mol. The third-order valence-electron chi connectivity index (χ3n) is 2.56. The van der Waals surface area contributed by atoms with Crippen molar-refractivity contribution in [2.45, 2.75) is 33.2 Å². The minimum absolute atomic E-state index is 0.325. The van der Waals surface area contributed by atoms with E-state index in [2.05, 4.69) is 5.32 Å². The number of nitrogens with one attached hydrogen (secondary N) is 1. The van der Waals surface area contributed by atoms with E-state index in [0.717, 1.165) is 16.8 Å². The number of aryl methyl sites for hydroxylation is 2. The molecular weight excluding hydrogens is 238 g/mol. The summed E-state index contributed by atoms with van der Waals surface area (Å²) in [6.07, 6.45) is 0. The summed E-state index contributed by atoms with van der Waals surface area (Å²) < 4.78 is 4.75. The van der Waals surface area contributed by atoms with Crippen LogP contribution in [0.1, 0.15) is 25.0 Å². The van der Waals surface area contributed by atoms with E-state index >= 15 is 0 Å². The van der Waals surface area contributed by atoms with E-state index in [1.807, 2.05) is 26.0 Å². The van der Waals surface area contributed by atoms with E-state index < -0.39 is 5.54 Å². The highest BCUT2D eigenvalue weighted by Gasteiger charge is 2.29. The van der Waals surface area contributed by atoms with Gasteiger partial charge in [-0.15, -0.1) is 0 Å². The van der Waals surface area contributed by atoms with E-state index in [0.29, 0.717) is 5.02 Å². The molecule has 0 radical (unpaired) electrons. The molecule has 0 saturated carbocycles. The maximum atomic E-state index is 11.6. The van der Waals surface area contributed by atoms with Crippen molar-refractivity contribution in [1.29, 1.82) is 0 Å². The number of anilines is 1. The van der Waals surface area contributed by atoms with Crippen LogP contribution in [0.5, 0.6) is 0 Å². The summed E-state index contributed by atoms with van der Waals surface area (Å²) in [5.41, 5.74) is 2.06. The average molecular weight is 256 g/mol. The molecule has 0 bridgehead atoms. The van der Waals surface area contributed by atoms with Crippen LogP contribution in [0.4, 0.5) is 5.69 Å². The largest absolute Gasteiger partial charge is 0.467 e. The summed E-state index contributed by atoms with van der Waals surface area (Å²) >= 11 is 6.17. The molecule has 0 saturated heterocycles. The summed E-state index contributed by atoms with van der Waals surface area (Å²) in [6, 6.07) is 3.88. The maximum absolute atomic E-state index is 11.6. The summed E-state index contributed by atoms with van der Waals surface area (Å²) in [7, 11) is 1.37. The normalized spacial score (nSPS) is 11.2. The van der Waals surface area contributed by atoms with E-state index in [1.165, 1.54) is 7.11 Å². The SMILES string of the molecule is COC(=O)C(C)(C)Nc1c(C)cc(C)cc1Cl. The predicted octanol–water partition coefficient (Wildman–Crippen LogP) is 3.32. The van der Waals surface area contributed by atoms with Gasteiger partial charge >= 0.3 is 5.97 Å². The maximum Gasteiger partial charge on any atom is 0.330 e. The Morgan fingerprint density at radius 1 is 1.35 bits per heavy atom. The molecule has 0 unspecified atom stereocenters. The van der Waals surface area contributed by atoms with Crippen LogP contribution in [0.15, 0.2) is 12.1 Å².